The maximum absolute atomic E-state index is 6.54. The van der Waals surface area contributed by atoms with Gasteiger partial charge in [0.05, 0.1) is 18.2 Å². The van der Waals surface area contributed by atoms with Crippen molar-refractivity contribution >= 4 is 17.3 Å². The predicted octanol–water partition coefficient (Wildman–Crippen LogP) is 6.62. The number of nitrogens with one attached hydrogen (secondary N) is 1. The quantitative estimate of drug-likeness (QED) is 0.613. The summed E-state index contributed by atoms with van der Waals surface area (Å²) < 4.78 is 12.2. The molecule has 0 fully saturated rings. The lowest BCUT2D eigenvalue weighted by atomic mass is 9.81. The van der Waals surface area contributed by atoms with Gasteiger partial charge in [0.1, 0.15) is 17.6 Å². The van der Waals surface area contributed by atoms with E-state index >= 15 is 0 Å². The molecular formula is C25H27NO2. The molecule has 1 N–H and O–H groups in total. The van der Waals surface area contributed by atoms with Crippen LogP contribution in [0.15, 0.2) is 49.1 Å². The van der Waals surface area contributed by atoms with E-state index in [1.807, 2.05) is 31.2 Å². The molecule has 2 heterocycles. The van der Waals surface area contributed by atoms with Crippen LogP contribution < -0.4 is 14.8 Å². The van der Waals surface area contributed by atoms with Crippen LogP contribution in [0, 0.1) is 0 Å². The third-order valence-corrected chi connectivity index (χ3v) is 5.43. The van der Waals surface area contributed by atoms with Gasteiger partial charge in [-0.1, -0.05) is 30.9 Å². The number of methoxy groups -OCH3 is 1. The van der Waals surface area contributed by atoms with E-state index in [1.165, 1.54) is 16.7 Å². The largest absolute Gasteiger partial charge is 0.496 e. The van der Waals surface area contributed by atoms with Crippen LogP contribution in [-0.4, -0.2) is 12.6 Å². The molecule has 2 aromatic carbocycles. The monoisotopic (exact) mass is 373 g/mol. The second kappa shape index (κ2) is 6.59. The maximum atomic E-state index is 6.54. The van der Waals surface area contributed by atoms with Gasteiger partial charge in [-0.2, -0.15) is 0 Å². The number of fused-ring (bicyclic) bond motifs is 5. The summed E-state index contributed by atoms with van der Waals surface area (Å²) >= 11 is 0. The highest BCUT2D eigenvalue weighted by Gasteiger charge is 2.34. The second-order valence-corrected chi connectivity index (χ2v) is 7.95. The van der Waals surface area contributed by atoms with Crippen molar-refractivity contribution in [3.8, 4) is 22.6 Å². The number of anilines is 1. The summed E-state index contributed by atoms with van der Waals surface area (Å²) in [6.07, 6.45) is 8.12. The lowest BCUT2D eigenvalue weighted by molar-refractivity contribution is 0.249. The van der Waals surface area contributed by atoms with E-state index in [0.29, 0.717) is 0 Å². The summed E-state index contributed by atoms with van der Waals surface area (Å²) in [6, 6.07) is 8.34. The topological polar surface area (TPSA) is 30.5 Å². The second-order valence-electron chi connectivity index (χ2n) is 7.95. The van der Waals surface area contributed by atoms with Crippen molar-refractivity contribution < 1.29 is 9.47 Å². The average Bonchev–Trinajstić information content (AvgIpc) is 2.65. The van der Waals surface area contributed by atoms with E-state index in [9.17, 15) is 0 Å². The molecule has 3 nitrogen and oxygen atoms in total. The molecule has 0 aliphatic carbocycles. The summed E-state index contributed by atoms with van der Waals surface area (Å²) in [6.45, 7) is 12.5. The molecule has 0 bridgehead atoms. The van der Waals surface area contributed by atoms with Crippen LogP contribution in [0.5, 0.6) is 11.5 Å². The van der Waals surface area contributed by atoms with Gasteiger partial charge in [-0.3, -0.25) is 0 Å². The number of rotatable bonds is 3. The first-order valence-corrected chi connectivity index (χ1v) is 9.68. The van der Waals surface area contributed by atoms with Crippen LogP contribution in [0.25, 0.3) is 22.8 Å². The number of benzene rings is 2. The summed E-state index contributed by atoms with van der Waals surface area (Å²) in [5, 5.41) is 3.65. The highest BCUT2D eigenvalue weighted by molar-refractivity contribution is 5.93. The van der Waals surface area contributed by atoms with Crippen LogP contribution >= 0.6 is 0 Å². The van der Waals surface area contributed by atoms with Crippen molar-refractivity contribution in [1.82, 2.24) is 0 Å². The van der Waals surface area contributed by atoms with Gasteiger partial charge in [-0.15, -0.1) is 0 Å². The molecule has 0 spiro atoms. The van der Waals surface area contributed by atoms with Crippen LogP contribution in [0.4, 0.5) is 5.69 Å². The Bertz CT molecular complexity index is 1030. The first-order valence-electron chi connectivity index (χ1n) is 9.68. The van der Waals surface area contributed by atoms with Gasteiger partial charge in [0.25, 0.3) is 0 Å². The van der Waals surface area contributed by atoms with Crippen LogP contribution in [0.3, 0.4) is 0 Å². The van der Waals surface area contributed by atoms with E-state index < -0.39 is 0 Å². The normalized spacial score (nSPS) is 18.9. The zero-order chi connectivity index (χ0) is 20.1. The zero-order valence-electron chi connectivity index (χ0n) is 17.2. The van der Waals surface area contributed by atoms with Crippen LogP contribution in [-0.2, 0) is 0 Å². The fraction of sp³-hybridized carbons (Fsp3) is 0.280. The first kappa shape index (κ1) is 18.4. The van der Waals surface area contributed by atoms with E-state index in [4.69, 9.17) is 9.47 Å². The van der Waals surface area contributed by atoms with E-state index in [2.05, 4.69) is 57.0 Å². The van der Waals surface area contributed by atoms with Crippen molar-refractivity contribution in [3.05, 3.63) is 65.8 Å². The standard InChI is InChI=1S/C25H27NO2/c1-7-9-20-22-17(11-12-18-21(22)15(3)14-25(4,5)26-18)23-19(27-6)13-10-16(8-2)24(23)28-20/h7-14,20,26H,2H2,1,3-6H3. The Morgan fingerprint density at radius 3 is 2.64 bits per heavy atom. The zero-order valence-corrected chi connectivity index (χ0v) is 17.2. The van der Waals surface area contributed by atoms with Crippen molar-refractivity contribution in [2.45, 2.75) is 39.3 Å². The molecule has 1 atom stereocenters. The molecule has 1 unspecified atom stereocenters. The minimum absolute atomic E-state index is 0.0808. The van der Waals surface area contributed by atoms with Gasteiger partial charge >= 0.3 is 0 Å². The summed E-state index contributed by atoms with van der Waals surface area (Å²) in [5.74, 6) is 1.64. The Morgan fingerprint density at radius 1 is 1.18 bits per heavy atom. The number of hydrogen-bond donors (Lipinski definition) is 1. The molecule has 0 saturated heterocycles. The fourth-order valence-corrected chi connectivity index (χ4v) is 4.45. The average molecular weight is 373 g/mol. The fourth-order valence-electron chi connectivity index (χ4n) is 4.45. The molecular weight excluding hydrogens is 346 g/mol. The SMILES string of the molecule is C=Cc1ccc(OC)c2c1OC(C=CC)c1c-2ccc2c1C(C)=CC(C)(C)N2. The van der Waals surface area contributed by atoms with Gasteiger partial charge in [0, 0.05) is 22.4 Å². The molecule has 2 aliphatic rings. The molecule has 0 radical (unpaired) electrons. The molecule has 0 saturated carbocycles. The van der Waals surface area contributed by atoms with Crippen LogP contribution in [0.2, 0.25) is 0 Å². The molecule has 3 heteroatoms. The third kappa shape index (κ3) is 2.73. The Kier molecular flexibility index (Phi) is 4.34. The molecule has 144 valence electrons. The van der Waals surface area contributed by atoms with Crippen LogP contribution in [0.1, 0.15) is 50.5 Å². The van der Waals surface area contributed by atoms with Gasteiger partial charge in [-0.25, -0.2) is 0 Å². The van der Waals surface area contributed by atoms with Gasteiger partial charge in [0.15, 0.2) is 0 Å². The number of allylic oxidation sites excluding steroid dienone is 2. The maximum Gasteiger partial charge on any atom is 0.143 e. The van der Waals surface area contributed by atoms with Crippen molar-refractivity contribution in [2.75, 3.05) is 12.4 Å². The highest BCUT2D eigenvalue weighted by atomic mass is 16.5. The van der Waals surface area contributed by atoms with Gasteiger partial charge in [-0.05, 0) is 63.1 Å². The van der Waals surface area contributed by atoms with Gasteiger partial charge < -0.3 is 14.8 Å². The van der Waals surface area contributed by atoms with E-state index in [1.54, 1.807) is 7.11 Å². The minimum Gasteiger partial charge on any atom is -0.496 e. The molecule has 2 aliphatic heterocycles. The Hall–Kier alpha value is -2.94. The summed E-state index contributed by atoms with van der Waals surface area (Å²) in [7, 11) is 1.70. The van der Waals surface area contributed by atoms with Crippen molar-refractivity contribution in [3.63, 3.8) is 0 Å². The predicted molar refractivity (Wildman–Crippen MR) is 118 cm³/mol. The Balaban J connectivity index is 2.08. The first-order chi connectivity index (χ1) is 13.4. The summed E-state index contributed by atoms with van der Waals surface area (Å²) in [4.78, 5) is 0. The molecule has 0 aromatic heterocycles. The highest BCUT2D eigenvalue weighted by Crippen LogP contribution is 2.53. The molecule has 0 amide bonds. The summed E-state index contributed by atoms with van der Waals surface area (Å²) in [5.41, 5.74) is 7.84. The molecule has 4 rings (SSSR count). The number of hydrogen-bond acceptors (Lipinski definition) is 3. The smallest absolute Gasteiger partial charge is 0.143 e. The number of ether oxygens (including phenoxy) is 2. The lowest BCUT2D eigenvalue weighted by Crippen LogP contribution is -2.32. The van der Waals surface area contributed by atoms with Gasteiger partial charge in [0.2, 0.25) is 0 Å². The molecule has 2 aromatic rings. The Morgan fingerprint density at radius 2 is 1.96 bits per heavy atom. The Labute approximate surface area is 167 Å². The lowest BCUT2D eigenvalue weighted by Gasteiger charge is -2.37. The van der Waals surface area contributed by atoms with E-state index in [-0.39, 0.29) is 11.6 Å². The van der Waals surface area contributed by atoms with Crippen molar-refractivity contribution in [2.24, 2.45) is 0 Å². The minimum atomic E-state index is -0.167. The third-order valence-electron chi connectivity index (χ3n) is 5.43. The van der Waals surface area contributed by atoms with E-state index in [0.717, 1.165) is 33.9 Å². The van der Waals surface area contributed by atoms with Crippen molar-refractivity contribution in [1.29, 1.82) is 0 Å². The molecule has 28 heavy (non-hydrogen) atoms.